The second-order valence-electron chi connectivity index (χ2n) is 5.70. The summed E-state index contributed by atoms with van der Waals surface area (Å²) in [4.78, 5) is 16.0. The summed E-state index contributed by atoms with van der Waals surface area (Å²) in [7, 11) is -7.41. The number of nitrogens with zero attached hydrogens (tertiary/aromatic N) is 3. The van der Waals surface area contributed by atoms with Crippen molar-refractivity contribution in [2.75, 3.05) is 24.4 Å². The van der Waals surface area contributed by atoms with Crippen LogP contribution in [0.1, 0.15) is 12.5 Å². The molecule has 1 aromatic heterocycles. The molecule has 1 N–H and O–H groups in total. The van der Waals surface area contributed by atoms with E-state index in [0.29, 0.717) is 17.1 Å². The smallest absolute Gasteiger partial charge is 0.306 e. The monoisotopic (exact) mass is 472 g/mol. The fraction of sp³-hybridized carbons (Fsp3) is 0.250. The first-order valence-electron chi connectivity index (χ1n) is 8.06. The Kier molecular flexibility index (Phi) is 7.13. The predicted molar refractivity (Wildman–Crippen MR) is 108 cm³/mol. The van der Waals surface area contributed by atoms with Crippen LogP contribution in [0.4, 0.5) is 5.13 Å². The number of hydrogen-bond donors (Lipinski definition) is 1. The number of ether oxygens (including phenoxy) is 1. The van der Waals surface area contributed by atoms with Gasteiger partial charge in [0.05, 0.1) is 12.9 Å². The molecule has 0 bridgehead atoms. The number of carbonyl (C=O) groups excluding carboxylic acids is 1. The van der Waals surface area contributed by atoms with E-state index in [0.717, 1.165) is 12.5 Å². The number of rotatable bonds is 8. The Morgan fingerprint density at radius 3 is 2.50 bits per heavy atom. The van der Waals surface area contributed by atoms with Crippen LogP contribution in [0.3, 0.4) is 0 Å². The van der Waals surface area contributed by atoms with Crippen molar-refractivity contribution in [3.05, 3.63) is 29.3 Å². The van der Waals surface area contributed by atoms with Crippen molar-refractivity contribution in [3.8, 4) is 17.6 Å². The van der Waals surface area contributed by atoms with Crippen molar-refractivity contribution < 1.29 is 30.6 Å². The van der Waals surface area contributed by atoms with Gasteiger partial charge in [0.25, 0.3) is 11.1 Å². The van der Waals surface area contributed by atoms with Crippen LogP contribution in [-0.2, 0) is 24.7 Å². The lowest BCUT2D eigenvalue weighted by molar-refractivity contribution is -0.112. The van der Waals surface area contributed by atoms with Crippen LogP contribution in [0.25, 0.3) is 6.08 Å². The van der Waals surface area contributed by atoms with Gasteiger partial charge in [-0.1, -0.05) is 6.07 Å². The molecule has 0 fully saturated rings. The van der Waals surface area contributed by atoms with Crippen LogP contribution in [-0.4, -0.2) is 51.2 Å². The molecular formula is C16H16N4O7S3. The average Bonchev–Trinajstić information content (AvgIpc) is 3.09. The lowest BCUT2D eigenvalue weighted by Gasteiger charge is -2.11. The number of nitrogens with one attached hydrogen (secondary N) is 1. The van der Waals surface area contributed by atoms with Gasteiger partial charge in [0, 0.05) is 17.8 Å². The molecule has 11 nitrogen and oxygen atoms in total. The molecule has 14 heteroatoms. The van der Waals surface area contributed by atoms with E-state index in [4.69, 9.17) is 8.92 Å². The van der Waals surface area contributed by atoms with Crippen LogP contribution >= 0.6 is 11.5 Å². The van der Waals surface area contributed by atoms with E-state index >= 15 is 0 Å². The quantitative estimate of drug-likeness (QED) is 0.335. The lowest BCUT2D eigenvalue weighted by atomic mass is 10.1. The molecule has 30 heavy (non-hydrogen) atoms. The number of amides is 1. The van der Waals surface area contributed by atoms with Gasteiger partial charge in [0.2, 0.25) is 15.0 Å². The van der Waals surface area contributed by atoms with Gasteiger partial charge < -0.3 is 8.92 Å². The molecule has 0 unspecified atom stereocenters. The molecule has 1 heterocycles. The van der Waals surface area contributed by atoms with Gasteiger partial charge in [-0.25, -0.2) is 8.42 Å². The number of anilines is 1. The van der Waals surface area contributed by atoms with E-state index in [9.17, 15) is 26.9 Å². The average molecular weight is 473 g/mol. The molecule has 0 saturated heterocycles. The van der Waals surface area contributed by atoms with Crippen molar-refractivity contribution in [1.29, 1.82) is 5.26 Å². The third-order valence-corrected chi connectivity index (χ3v) is 5.22. The van der Waals surface area contributed by atoms with E-state index in [1.807, 2.05) is 0 Å². The molecule has 2 aromatic rings. The molecule has 0 aliphatic heterocycles. The second-order valence-corrected chi connectivity index (χ2v) is 9.94. The molecule has 2 rings (SSSR count). The van der Waals surface area contributed by atoms with Crippen molar-refractivity contribution in [2.45, 2.75) is 12.1 Å². The minimum Gasteiger partial charge on any atom is -0.490 e. The van der Waals surface area contributed by atoms with Gasteiger partial charge in [0.15, 0.2) is 11.5 Å². The Bertz CT molecular complexity index is 1240. The third kappa shape index (κ3) is 6.51. The zero-order chi connectivity index (χ0) is 22.5. The molecule has 0 spiro atoms. The van der Waals surface area contributed by atoms with Crippen LogP contribution in [0, 0.1) is 11.3 Å². The number of carbonyl (C=O) groups is 1. The zero-order valence-corrected chi connectivity index (χ0v) is 18.4. The number of benzene rings is 1. The summed E-state index contributed by atoms with van der Waals surface area (Å²) in [5, 5.41) is 11.1. The number of aromatic nitrogens is 2. The topological polar surface area (TPSA) is 165 Å². The third-order valence-electron chi connectivity index (χ3n) is 3.14. The summed E-state index contributed by atoms with van der Waals surface area (Å²) in [6.45, 7) is 1.91. The zero-order valence-electron chi connectivity index (χ0n) is 15.9. The summed E-state index contributed by atoms with van der Waals surface area (Å²) in [5.74, 6) is -0.763. The number of nitriles is 1. The van der Waals surface area contributed by atoms with Gasteiger partial charge in [-0.05, 0) is 30.7 Å². The Labute approximate surface area is 177 Å². The number of sulfone groups is 1. The van der Waals surface area contributed by atoms with Crippen molar-refractivity contribution in [3.63, 3.8) is 0 Å². The van der Waals surface area contributed by atoms with E-state index in [1.54, 1.807) is 13.0 Å². The summed E-state index contributed by atoms with van der Waals surface area (Å²) >= 11 is 0.653. The maximum atomic E-state index is 12.3. The van der Waals surface area contributed by atoms with Crippen LogP contribution in [0.5, 0.6) is 11.5 Å². The normalized spacial score (nSPS) is 12.1. The van der Waals surface area contributed by atoms with Gasteiger partial charge in [-0.15, -0.1) is 0 Å². The molecule has 0 aliphatic carbocycles. The maximum Gasteiger partial charge on any atom is 0.306 e. The van der Waals surface area contributed by atoms with Crippen molar-refractivity contribution >= 4 is 48.6 Å². The molecule has 0 radical (unpaired) electrons. The first-order chi connectivity index (χ1) is 13.9. The second kappa shape index (κ2) is 9.20. The fourth-order valence-electron chi connectivity index (χ4n) is 2.01. The highest BCUT2D eigenvalue weighted by molar-refractivity contribution is 7.90. The summed E-state index contributed by atoms with van der Waals surface area (Å²) in [5.41, 5.74) is 0.0467. The van der Waals surface area contributed by atoms with Gasteiger partial charge in [-0.3, -0.25) is 10.1 Å². The highest BCUT2D eigenvalue weighted by atomic mass is 32.2. The van der Waals surface area contributed by atoms with Crippen molar-refractivity contribution in [1.82, 2.24) is 9.36 Å². The van der Waals surface area contributed by atoms with Gasteiger partial charge in [-0.2, -0.15) is 23.0 Å². The Morgan fingerprint density at radius 2 is 1.97 bits per heavy atom. The van der Waals surface area contributed by atoms with Crippen molar-refractivity contribution in [2.24, 2.45) is 0 Å². The minimum absolute atomic E-state index is 0.0402. The highest BCUT2D eigenvalue weighted by Crippen LogP contribution is 2.30. The van der Waals surface area contributed by atoms with Gasteiger partial charge >= 0.3 is 10.1 Å². The SMILES string of the molecule is CCOc1cc(C=C(C#N)C(=O)Nc2nc(S(C)(=O)=O)ns2)ccc1OS(C)(=O)=O. The Hall–Kier alpha value is -3.02. The molecule has 1 aromatic carbocycles. The van der Waals surface area contributed by atoms with Crippen LogP contribution < -0.4 is 14.2 Å². The molecule has 160 valence electrons. The first kappa shape index (κ1) is 23.3. The van der Waals surface area contributed by atoms with E-state index in [2.05, 4.69) is 14.7 Å². The molecule has 1 amide bonds. The first-order valence-corrected chi connectivity index (χ1v) is 12.5. The highest BCUT2D eigenvalue weighted by Gasteiger charge is 2.18. The van der Waals surface area contributed by atoms with Crippen LogP contribution in [0.15, 0.2) is 28.9 Å². The van der Waals surface area contributed by atoms with Crippen LogP contribution in [0.2, 0.25) is 0 Å². The number of hydrogen-bond acceptors (Lipinski definition) is 11. The van der Waals surface area contributed by atoms with E-state index < -0.39 is 31.0 Å². The molecule has 0 saturated carbocycles. The molecule has 0 atom stereocenters. The predicted octanol–water partition coefficient (Wildman–Crippen LogP) is 1.22. The lowest BCUT2D eigenvalue weighted by Crippen LogP contribution is -2.13. The Morgan fingerprint density at radius 1 is 1.27 bits per heavy atom. The molecule has 0 aliphatic rings. The standard InChI is InChI=1S/C16H16N4O7S3/c1-4-26-13-8-10(5-6-12(13)27-30(3,24)25)7-11(9-17)14(21)18-15-19-16(20-28-15)29(2,22)23/h5-8H,4H2,1-3H3,(H,18,19,20,21). The summed E-state index contributed by atoms with van der Waals surface area (Å²) < 4.78 is 59.4. The molecular weight excluding hydrogens is 456 g/mol. The fourth-order valence-corrected chi connectivity index (χ4v) is 3.91. The van der Waals surface area contributed by atoms with Gasteiger partial charge in [0.1, 0.15) is 11.6 Å². The maximum absolute atomic E-state index is 12.3. The van der Waals surface area contributed by atoms with E-state index in [-0.39, 0.29) is 28.8 Å². The minimum atomic E-state index is -3.78. The summed E-state index contributed by atoms with van der Waals surface area (Å²) in [6.07, 6.45) is 3.05. The Balaban J connectivity index is 2.30. The van der Waals surface area contributed by atoms with E-state index in [1.165, 1.54) is 24.3 Å². The summed E-state index contributed by atoms with van der Waals surface area (Å²) in [6, 6.07) is 5.89. The largest absolute Gasteiger partial charge is 0.490 e.